The van der Waals surface area contributed by atoms with Gasteiger partial charge in [0.2, 0.25) is 10.0 Å². The Morgan fingerprint density at radius 3 is 2.57 bits per heavy atom. The number of hydrogen-bond donors (Lipinski definition) is 1. The summed E-state index contributed by atoms with van der Waals surface area (Å²) in [6, 6.07) is 7.27. The third-order valence-corrected chi connectivity index (χ3v) is 5.75. The number of nitrogens with one attached hydrogen (secondary N) is 1. The fourth-order valence-electron chi connectivity index (χ4n) is 2.29. The molecular formula is C16H22N2O3S2. The molecule has 2 rings (SSSR count). The van der Waals surface area contributed by atoms with Crippen LogP contribution in [0.1, 0.15) is 30.4 Å². The Morgan fingerprint density at radius 1 is 1.30 bits per heavy atom. The maximum absolute atomic E-state index is 12.1. The predicted molar refractivity (Wildman–Crippen MR) is 96.9 cm³/mol. The van der Waals surface area contributed by atoms with Crippen molar-refractivity contribution in [2.24, 2.45) is 5.92 Å². The van der Waals surface area contributed by atoms with Gasteiger partial charge in [-0.05, 0) is 42.5 Å². The second kappa shape index (κ2) is 6.88. The number of anilines is 1. The lowest BCUT2D eigenvalue weighted by molar-refractivity contribution is 0.0953. The topological polar surface area (TPSA) is 66.5 Å². The Hall–Kier alpha value is -1.60. The second-order valence-electron chi connectivity index (χ2n) is 5.86. The molecule has 0 atom stereocenters. The first-order valence-corrected chi connectivity index (χ1v) is 10.2. The third kappa shape index (κ3) is 4.23. The molecule has 1 N–H and O–H groups in total. The summed E-state index contributed by atoms with van der Waals surface area (Å²) >= 11 is 1.41. The van der Waals surface area contributed by atoms with E-state index in [4.69, 9.17) is 0 Å². The van der Waals surface area contributed by atoms with E-state index in [1.54, 1.807) is 13.0 Å². The van der Waals surface area contributed by atoms with Crippen molar-refractivity contribution >= 4 is 43.0 Å². The van der Waals surface area contributed by atoms with Crippen molar-refractivity contribution in [3.63, 3.8) is 0 Å². The predicted octanol–water partition coefficient (Wildman–Crippen LogP) is 3.07. The minimum atomic E-state index is -3.31. The van der Waals surface area contributed by atoms with E-state index in [9.17, 15) is 13.2 Å². The molecule has 0 aliphatic rings. The monoisotopic (exact) mass is 354 g/mol. The van der Waals surface area contributed by atoms with Crippen LogP contribution in [-0.4, -0.2) is 33.7 Å². The molecule has 0 spiro atoms. The molecule has 7 heteroatoms. The molecule has 1 aromatic carbocycles. The van der Waals surface area contributed by atoms with E-state index in [0.29, 0.717) is 29.6 Å². The molecule has 0 aliphatic carbocycles. The van der Waals surface area contributed by atoms with E-state index in [1.165, 1.54) is 21.9 Å². The lowest BCUT2D eigenvalue weighted by Gasteiger charge is -2.20. The highest BCUT2D eigenvalue weighted by molar-refractivity contribution is 7.92. The molecule has 5 nitrogen and oxygen atoms in total. The Bertz CT molecular complexity index is 810. The lowest BCUT2D eigenvalue weighted by atomic mass is 10.2. The fourth-order valence-corrected chi connectivity index (χ4v) is 4.22. The van der Waals surface area contributed by atoms with Gasteiger partial charge in [-0.15, -0.1) is 11.3 Å². The number of benzene rings is 1. The van der Waals surface area contributed by atoms with Crippen molar-refractivity contribution in [1.29, 1.82) is 0 Å². The van der Waals surface area contributed by atoms with Crippen LogP contribution in [0, 0.1) is 5.92 Å². The molecule has 1 amide bonds. The molecule has 0 saturated heterocycles. The number of hydrogen-bond acceptors (Lipinski definition) is 4. The van der Waals surface area contributed by atoms with Crippen LogP contribution in [0.3, 0.4) is 0 Å². The zero-order chi connectivity index (χ0) is 17.2. The second-order valence-corrected chi connectivity index (χ2v) is 8.85. The molecule has 0 radical (unpaired) electrons. The number of fused-ring (bicyclic) bond motifs is 1. The normalized spacial score (nSPS) is 11.9. The standard InChI is InChI=1S/C16H22N2O3S2/c1-5-18(23(4,20)21)13-6-7-14-12(8-13)9-15(22-14)16(19)17-10-11(2)3/h6-9,11H,5,10H2,1-4H3,(H,17,19). The van der Waals surface area contributed by atoms with Gasteiger partial charge in [0.1, 0.15) is 0 Å². The largest absolute Gasteiger partial charge is 0.351 e. The summed E-state index contributed by atoms with van der Waals surface area (Å²) in [5.41, 5.74) is 0.620. The molecule has 1 heterocycles. The van der Waals surface area contributed by atoms with E-state index < -0.39 is 10.0 Å². The molecule has 0 bridgehead atoms. The molecule has 2 aromatic rings. The minimum Gasteiger partial charge on any atom is -0.351 e. The molecule has 1 aromatic heterocycles. The van der Waals surface area contributed by atoms with Crippen LogP contribution in [0.15, 0.2) is 24.3 Å². The van der Waals surface area contributed by atoms with E-state index >= 15 is 0 Å². The zero-order valence-electron chi connectivity index (χ0n) is 13.8. The maximum atomic E-state index is 12.1. The van der Waals surface area contributed by atoms with Gasteiger partial charge in [0, 0.05) is 17.8 Å². The van der Waals surface area contributed by atoms with Gasteiger partial charge in [-0.1, -0.05) is 13.8 Å². The lowest BCUT2D eigenvalue weighted by Crippen LogP contribution is -2.29. The maximum Gasteiger partial charge on any atom is 0.261 e. The van der Waals surface area contributed by atoms with Gasteiger partial charge >= 0.3 is 0 Å². The number of amides is 1. The number of carbonyl (C=O) groups excluding carboxylic acids is 1. The van der Waals surface area contributed by atoms with Crippen molar-refractivity contribution in [3.05, 3.63) is 29.1 Å². The smallest absolute Gasteiger partial charge is 0.261 e. The number of nitrogens with zero attached hydrogens (tertiary/aromatic N) is 1. The molecular weight excluding hydrogens is 332 g/mol. The van der Waals surface area contributed by atoms with E-state index in [1.807, 2.05) is 32.0 Å². The molecule has 0 fully saturated rings. The summed E-state index contributed by atoms with van der Waals surface area (Å²) in [5, 5.41) is 3.78. The summed E-state index contributed by atoms with van der Waals surface area (Å²) in [6.45, 7) is 6.89. The summed E-state index contributed by atoms with van der Waals surface area (Å²) in [6.07, 6.45) is 1.19. The zero-order valence-corrected chi connectivity index (χ0v) is 15.4. The summed E-state index contributed by atoms with van der Waals surface area (Å²) in [4.78, 5) is 12.8. The number of sulfonamides is 1. The van der Waals surface area contributed by atoms with E-state index in [-0.39, 0.29) is 5.91 Å². The first-order valence-electron chi connectivity index (χ1n) is 7.52. The van der Waals surface area contributed by atoms with Crippen molar-refractivity contribution in [2.75, 3.05) is 23.7 Å². The Kier molecular flexibility index (Phi) is 5.31. The number of rotatable bonds is 6. The fraction of sp³-hybridized carbons (Fsp3) is 0.438. The number of carbonyl (C=O) groups is 1. The molecule has 0 saturated carbocycles. The van der Waals surface area contributed by atoms with Gasteiger partial charge in [0.25, 0.3) is 5.91 Å². The first-order chi connectivity index (χ1) is 10.7. The highest BCUT2D eigenvalue weighted by Crippen LogP contribution is 2.30. The van der Waals surface area contributed by atoms with Crippen molar-refractivity contribution < 1.29 is 13.2 Å². The summed E-state index contributed by atoms with van der Waals surface area (Å²) < 4.78 is 26.0. The SMILES string of the molecule is CCN(c1ccc2sc(C(=O)NCC(C)C)cc2c1)S(C)(=O)=O. The van der Waals surface area contributed by atoms with Crippen molar-refractivity contribution in [2.45, 2.75) is 20.8 Å². The third-order valence-electron chi connectivity index (χ3n) is 3.37. The van der Waals surface area contributed by atoms with Gasteiger partial charge in [0.05, 0.1) is 16.8 Å². The Balaban J connectivity index is 2.32. The van der Waals surface area contributed by atoms with Crippen molar-refractivity contribution in [1.82, 2.24) is 5.32 Å². The highest BCUT2D eigenvalue weighted by Gasteiger charge is 2.17. The number of thiophene rings is 1. The van der Waals surface area contributed by atoms with E-state index in [2.05, 4.69) is 5.32 Å². The van der Waals surface area contributed by atoms with Gasteiger partial charge in [0.15, 0.2) is 0 Å². The van der Waals surface area contributed by atoms with Gasteiger partial charge < -0.3 is 5.32 Å². The van der Waals surface area contributed by atoms with Gasteiger partial charge in [-0.25, -0.2) is 8.42 Å². The average Bonchev–Trinajstić information content (AvgIpc) is 2.87. The Labute approximate surface area is 141 Å². The van der Waals surface area contributed by atoms with Crippen LogP contribution < -0.4 is 9.62 Å². The van der Waals surface area contributed by atoms with Gasteiger partial charge in [-0.3, -0.25) is 9.10 Å². The van der Waals surface area contributed by atoms with Crippen LogP contribution >= 0.6 is 11.3 Å². The van der Waals surface area contributed by atoms with Crippen molar-refractivity contribution in [3.8, 4) is 0 Å². The minimum absolute atomic E-state index is 0.0862. The quantitative estimate of drug-likeness (QED) is 0.867. The van der Waals surface area contributed by atoms with Gasteiger partial charge in [-0.2, -0.15) is 0 Å². The molecule has 126 valence electrons. The van der Waals surface area contributed by atoms with Crippen LogP contribution in [0.4, 0.5) is 5.69 Å². The van der Waals surface area contributed by atoms with Crippen LogP contribution in [0.25, 0.3) is 10.1 Å². The van der Waals surface area contributed by atoms with Crippen LogP contribution in [-0.2, 0) is 10.0 Å². The summed E-state index contributed by atoms with van der Waals surface area (Å²) in [5.74, 6) is 0.310. The van der Waals surface area contributed by atoms with Crippen LogP contribution in [0.5, 0.6) is 0 Å². The molecule has 0 aliphatic heterocycles. The van der Waals surface area contributed by atoms with Crippen LogP contribution in [0.2, 0.25) is 0 Å². The molecule has 0 unspecified atom stereocenters. The average molecular weight is 354 g/mol. The summed E-state index contributed by atoms with van der Waals surface area (Å²) in [7, 11) is -3.31. The first kappa shape index (κ1) is 17.7. The van der Waals surface area contributed by atoms with E-state index in [0.717, 1.165) is 10.1 Å². The Morgan fingerprint density at radius 2 is 2.00 bits per heavy atom. The highest BCUT2D eigenvalue weighted by atomic mass is 32.2. The molecule has 23 heavy (non-hydrogen) atoms.